The summed E-state index contributed by atoms with van der Waals surface area (Å²) in [7, 11) is 0. The van der Waals surface area contributed by atoms with Gasteiger partial charge in [-0.05, 0) is 42.7 Å². The van der Waals surface area contributed by atoms with Crippen LogP contribution in [0.25, 0.3) is 0 Å². The highest BCUT2D eigenvalue weighted by Crippen LogP contribution is 2.40. The number of hydrogen-bond donors (Lipinski definition) is 1. The fourth-order valence-electron chi connectivity index (χ4n) is 3.43. The third-order valence-electron chi connectivity index (χ3n) is 4.78. The Morgan fingerprint density at radius 3 is 2.54 bits per heavy atom. The van der Waals surface area contributed by atoms with Crippen LogP contribution in [-0.4, -0.2) is 35.6 Å². The molecule has 24 heavy (non-hydrogen) atoms. The maximum absolute atomic E-state index is 12.7. The number of aliphatic hydroxyl groups excluding tert-OH is 1. The van der Waals surface area contributed by atoms with E-state index in [1.54, 1.807) is 6.07 Å². The molecule has 0 aliphatic carbocycles. The van der Waals surface area contributed by atoms with Crippen molar-refractivity contribution < 1.29 is 9.90 Å². The number of benzene rings is 2. The first-order valence-corrected chi connectivity index (χ1v) is 8.72. The van der Waals surface area contributed by atoms with E-state index in [1.165, 1.54) is 0 Å². The van der Waals surface area contributed by atoms with Gasteiger partial charge in [0.25, 0.3) is 5.91 Å². The lowest BCUT2D eigenvalue weighted by Gasteiger charge is -2.30. The topological polar surface area (TPSA) is 40.5 Å². The fourth-order valence-corrected chi connectivity index (χ4v) is 3.73. The van der Waals surface area contributed by atoms with Crippen molar-refractivity contribution in [3.63, 3.8) is 0 Å². The zero-order chi connectivity index (χ0) is 17.2. The number of likely N-dealkylation sites (tertiary alicyclic amines) is 1. The minimum atomic E-state index is -0.284. The summed E-state index contributed by atoms with van der Waals surface area (Å²) in [5.74, 6) is 0.0236. The second kappa shape index (κ2) is 7.14. The first kappa shape index (κ1) is 17.3. The molecular weight excluding hydrogens is 345 g/mol. The van der Waals surface area contributed by atoms with Crippen LogP contribution >= 0.6 is 23.2 Å². The van der Waals surface area contributed by atoms with Crippen molar-refractivity contribution in [1.29, 1.82) is 0 Å². The van der Waals surface area contributed by atoms with Crippen LogP contribution in [0.4, 0.5) is 0 Å². The van der Waals surface area contributed by atoms with E-state index in [1.807, 2.05) is 47.4 Å². The lowest BCUT2D eigenvalue weighted by molar-refractivity contribution is 0.0779. The maximum Gasteiger partial charge on any atom is 0.253 e. The molecule has 0 bridgehead atoms. The van der Waals surface area contributed by atoms with Gasteiger partial charge in [0.05, 0.1) is 10.0 Å². The van der Waals surface area contributed by atoms with Crippen LogP contribution in [0.15, 0.2) is 48.5 Å². The van der Waals surface area contributed by atoms with Crippen molar-refractivity contribution in [2.24, 2.45) is 0 Å². The molecule has 0 saturated carbocycles. The normalized spacial score (nSPS) is 20.4. The third-order valence-corrected chi connectivity index (χ3v) is 5.52. The van der Waals surface area contributed by atoms with Gasteiger partial charge in [-0.2, -0.15) is 0 Å². The number of nitrogens with zero attached hydrogens (tertiary/aromatic N) is 1. The molecule has 1 fully saturated rings. The van der Waals surface area contributed by atoms with E-state index in [4.69, 9.17) is 23.2 Å². The molecule has 1 amide bonds. The predicted molar refractivity (Wildman–Crippen MR) is 96.8 cm³/mol. The summed E-state index contributed by atoms with van der Waals surface area (Å²) in [5.41, 5.74) is 1.42. The van der Waals surface area contributed by atoms with Crippen LogP contribution < -0.4 is 0 Å². The van der Waals surface area contributed by atoms with Crippen LogP contribution in [0.3, 0.4) is 0 Å². The molecule has 1 saturated heterocycles. The molecular formula is C19H19Cl2NO2. The first-order valence-electron chi connectivity index (χ1n) is 7.96. The van der Waals surface area contributed by atoms with E-state index >= 15 is 0 Å². The van der Waals surface area contributed by atoms with Gasteiger partial charge in [-0.1, -0.05) is 47.5 Å². The van der Waals surface area contributed by atoms with Gasteiger partial charge in [0, 0.05) is 30.7 Å². The molecule has 2 aromatic rings. The lowest BCUT2D eigenvalue weighted by Crippen LogP contribution is -2.35. The SMILES string of the molecule is O=C(c1ccccc1)N1CCC(CCO)(c2ccc(Cl)c(Cl)c2)C1. The Morgan fingerprint density at radius 1 is 1.12 bits per heavy atom. The van der Waals surface area contributed by atoms with Crippen molar-refractivity contribution in [2.45, 2.75) is 18.3 Å². The predicted octanol–water partition coefficient (Wildman–Crippen LogP) is 4.16. The van der Waals surface area contributed by atoms with Crippen LogP contribution in [0.1, 0.15) is 28.8 Å². The standard InChI is InChI=1S/C19H19Cl2NO2/c20-16-7-6-15(12-17(16)21)19(9-11-23)8-10-22(13-19)18(24)14-4-2-1-3-5-14/h1-7,12,23H,8-11,13H2. The van der Waals surface area contributed by atoms with E-state index < -0.39 is 0 Å². The molecule has 0 radical (unpaired) electrons. The van der Waals surface area contributed by atoms with Gasteiger partial charge in [-0.15, -0.1) is 0 Å². The largest absolute Gasteiger partial charge is 0.396 e. The minimum absolute atomic E-state index is 0.0236. The van der Waals surface area contributed by atoms with E-state index in [9.17, 15) is 9.90 Å². The molecule has 5 heteroatoms. The van der Waals surface area contributed by atoms with Crippen molar-refractivity contribution >= 4 is 29.1 Å². The second-order valence-electron chi connectivity index (χ2n) is 6.23. The summed E-state index contributed by atoms with van der Waals surface area (Å²) in [4.78, 5) is 14.6. The maximum atomic E-state index is 12.7. The average molecular weight is 364 g/mol. The van der Waals surface area contributed by atoms with Gasteiger partial charge >= 0.3 is 0 Å². The van der Waals surface area contributed by atoms with Crippen molar-refractivity contribution in [3.05, 3.63) is 69.7 Å². The number of halogens is 2. The zero-order valence-electron chi connectivity index (χ0n) is 13.2. The lowest BCUT2D eigenvalue weighted by atomic mass is 9.77. The average Bonchev–Trinajstić information content (AvgIpc) is 3.03. The molecule has 3 rings (SSSR count). The van der Waals surface area contributed by atoms with Gasteiger partial charge in [0.1, 0.15) is 0 Å². The molecule has 2 aromatic carbocycles. The second-order valence-corrected chi connectivity index (χ2v) is 7.04. The quantitative estimate of drug-likeness (QED) is 0.885. The Morgan fingerprint density at radius 2 is 1.88 bits per heavy atom. The fraction of sp³-hybridized carbons (Fsp3) is 0.316. The Labute approximate surface area is 151 Å². The van der Waals surface area contributed by atoms with E-state index in [2.05, 4.69) is 0 Å². The number of carbonyl (C=O) groups excluding carboxylic acids is 1. The smallest absolute Gasteiger partial charge is 0.253 e. The molecule has 0 spiro atoms. The molecule has 1 N–H and O–H groups in total. The van der Waals surface area contributed by atoms with Crippen LogP contribution in [-0.2, 0) is 5.41 Å². The summed E-state index contributed by atoms with van der Waals surface area (Å²) in [6.45, 7) is 1.29. The number of carbonyl (C=O) groups is 1. The highest BCUT2D eigenvalue weighted by molar-refractivity contribution is 6.42. The first-order chi connectivity index (χ1) is 11.6. The highest BCUT2D eigenvalue weighted by atomic mass is 35.5. The van der Waals surface area contributed by atoms with Crippen LogP contribution in [0, 0.1) is 0 Å². The molecule has 3 nitrogen and oxygen atoms in total. The van der Waals surface area contributed by atoms with Gasteiger partial charge in [0.2, 0.25) is 0 Å². The zero-order valence-corrected chi connectivity index (χ0v) is 14.7. The van der Waals surface area contributed by atoms with Crippen LogP contribution in [0.5, 0.6) is 0 Å². The summed E-state index contributed by atoms with van der Waals surface area (Å²) < 4.78 is 0. The van der Waals surface area contributed by atoms with Gasteiger partial charge in [0.15, 0.2) is 0 Å². The summed E-state index contributed by atoms with van der Waals surface area (Å²) in [5, 5.41) is 10.6. The molecule has 1 heterocycles. The van der Waals surface area contributed by atoms with E-state index in [0.717, 1.165) is 12.0 Å². The van der Waals surface area contributed by atoms with Crippen molar-refractivity contribution in [2.75, 3.05) is 19.7 Å². The van der Waals surface area contributed by atoms with E-state index in [-0.39, 0.29) is 17.9 Å². The third kappa shape index (κ3) is 3.30. The van der Waals surface area contributed by atoms with E-state index in [0.29, 0.717) is 35.1 Å². The molecule has 1 unspecified atom stereocenters. The number of rotatable bonds is 4. The van der Waals surface area contributed by atoms with Gasteiger partial charge < -0.3 is 10.0 Å². The Bertz CT molecular complexity index is 735. The number of aliphatic hydroxyl groups is 1. The molecule has 1 aliphatic rings. The molecule has 126 valence electrons. The van der Waals surface area contributed by atoms with Crippen molar-refractivity contribution in [3.8, 4) is 0 Å². The van der Waals surface area contributed by atoms with Gasteiger partial charge in [-0.3, -0.25) is 4.79 Å². The Kier molecular flexibility index (Phi) is 5.14. The molecule has 0 aromatic heterocycles. The Hall–Kier alpha value is -1.55. The minimum Gasteiger partial charge on any atom is -0.396 e. The monoisotopic (exact) mass is 363 g/mol. The summed E-state index contributed by atoms with van der Waals surface area (Å²) >= 11 is 12.2. The molecule has 1 aliphatic heterocycles. The van der Waals surface area contributed by atoms with Gasteiger partial charge in [-0.25, -0.2) is 0 Å². The summed E-state index contributed by atoms with van der Waals surface area (Å²) in [6, 6.07) is 14.9. The van der Waals surface area contributed by atoms with Crippen molar-refractivity contribution in [1.82, 2.24) is 4.90 Å². The number of hydrogen-bond acceptors (Lipinski definition) is 2. The Balaban J connectivity index is 1.87. The highest BCUT2D eigenvalue weighted by Gasteiger charge is 2.41. The summed E-state index contributed by atoms with van der Waals surface area (Å²) in [6.07, 6.45) is 1.38. The molecule has 1 atom stereocenters. The number of amides is 1. The van der Waals surface area contributed by atoms with Crippen LogP contribution in [0.2, 0.25) is 10.0 Å².